The Morgan fingerprint density at radius 1 is 0.778 bits per heavy atom. The van der Waals surface area contributed by atoms with Gasteiger partial charge < -0.3 is 4.48 Å². The molecule has 5 nitrogen and oxygen atoms in total. The third-order valence-electron chi connectivity index (χ3n) is 2.07. The van der Waals surface area contributed by atoms with E-state index in [1.807, 2.05) is 24.3 Å². The molecule has 0 atom stereocenters. The number of rotatable bonds is 8. The number of nitrogens with zero attached hydrogens (tertiary/aromatic N) is 1. The minimum atomic E-state index is -6.11. The molecule has 0 N–H and O–H groups in total. The molecule has 104 valence electrons. The van der Waals surface area contributed by atoms with E-state index in [0.717, 1.165) is 30.7 Å². The number of hydrogen-bond acceptors (Lipinski definition) is 4. The van der Waals surface area contributed by atoms with Crippen LogP contribution in [-0.4, -0.2) is 30.7 Å². The molecule has 0 aromatic heterocycles. The van der Waals surface area contributed by atoms with Crippen molar-refractivity contribution in [3.05, 3.63) is 50.6 Å². The first-order valence-electron chi connectivity index (χ1n) is 5.15. The molecule has 0 fully saturated rings. The Labute approximate surface area is 111 Å². The van der Waals surface area contributed by atoms with Crippen LogP contribution in [0.25, 0.3) is 0 Å². The molecule has 0 aromatic carbocycles. The van der Waals surface area contributed by atoms with Gasteiger partial charge in [-0.1, -0.05) is 26.3 Å². The van der Waals surface area contributed by atoms with Crippen molar-refractivity contribution < 1.29 is 34.5 Å². The van der Waals surface area contributed by atoms with Crippen LogP contribution in [0.4, 0.5) is 0 Å². The van der Waals surface area contributed by atoms with E-state index in [1.165, 1.54) is 0 Å². The van der Waals surface area contributed by atoms with Crippen molar-refractivity contribution in [3.8, 4) is 0 Å². The van der Waals surface area contributed by atoms with Crippen LogP contribution in [-0.2, 0) is 26.2 Å². The quantitative estimate of drug-likeness (QED) is 0.427. The second kappa shape index (κ2) is 9.92. The monoisotopic (exact) mass is 429 g/mol. The fourth-order valence-electron chi connectivity index (χ4n) is 1.54. The molecule has 6 heteroatoms. The van der Waals surface area contributed by atoms with Gasteiger partial charge in [-0.3, -0.25) is 0 Å². The Bertz CT molecular complexity index is 372. The normalized spacial score (nSPS) is 10.7. The predicted octanol–water partition coefficient (Wildman–Crippen LogP) is 0.999. The topological polar surface area (TPSA) is 74.3 Å². The van der Waals surface area contributed by atoms with Gasteiger partial charge in [-0.2, -0.15) is 0 Å². The number of hydrogen-bond donors (Lipinski definition) is 0. The molecular weight excluding hydrogens is 408 g/mol. The van der Waals surface area contributed by atoms with Crippen molar-refractivity contribution in [2.75, 3.05) is 26.2 Å². The molecule has 0 aliphatic carbocycles. The Hall–Kier alpha value is -1.06. The van der Waals surface area contributed by atoms with E-state index in [1.54, 1.807) is 0 Å². The van der Waals surface area contributed by atoms with Crippen molar-refractivity contribution in [2.24, 2.45) is 0 Å². The Morgan fingerprint density at radius 2 is 0.944 bits per heavy atom. The summed E-state index contributed by atoms with van der Waals surface area (Å²) in [6.45, 7) is 18.8. The summed E-state index contributed by atoms with van der Waals surface area (Å²) in [6, 6.07) is 0. The van der Waals surface area contributed by atoms with Gasteiger partial charge in [-0.15, -0.1) is 0 Å². The van der Waals surface area contributed by atoms with E-state index in [2.05, 4.69) is 26.3 Å². The van der Waals surface area contributed by atoms with Crippen molar-refractivity contribution >= 4 is 0 Å². The van der Waals surface area contributed by atoms with Gasteiger partial charge in [-0.25, -0.2) is 0 Å². The van der Waals surface area contributed by atoms with Gasteiger partial charge in [0.15, 0.2) is 0 Å². The zero-order valence-electron chi connectivity index (χ0n) is 10.4. The summed E-state index contributed by atoms with van der Waals surface area (Å²) in [7, 11) is 0. The fraction of sp³-hybridized carbons (Fsp3) is 0.333. The Kier molecular flexibility index (Phi) is 10.6. The standard InChI is InChI=1S/C12H20N.4O.Re/c1-5-9-13(10-6-2,11-7-3)12-8-4;;;;;/h5-8H,1-4,9-12H2;;;;;/q+1;;;;-1;. The maximum absolute atomic E-state index is 8.64. The molecule has 0 saturated heterocycles. The first kappa shape index (κ1) is 19.3. The summed E-state index contributed by atoms with van der Waals surface area (Å²) in [5, 5.41) is 0. The van der Waals surface area contributed by atoms with Gasteiger partial charge in [0.25, 0.3) is 0 Å². The van der Waals surface area contributed by atoms with Crippen LogP contribution in [0.1, 0.15) is 0 Å². The van der Waals surface area contributed by atoms with E-state index in [9.17, 15) is 0 Å². The third kappa shape index (κ3) is 13.0. The van der Waals surface area contributed by atoms with Crippen LogP contribution in [0.5, 0.6) is 0 Å². The van der Waals surface area contributed by atoms with Gasteiger partial charge in [0, 0.05) is 0 Å². The number of quaternary nitrogens is 1. The van der Waals surface area contributed by atoms with E-state index in [-0.39, 0.29) is 0 Å². The molecule has 0 aromatic rings. The van der Waals surface area contributed by atoms with Crippen molar-refractivity contribution in [1.29, 1.82) is 0 Å². The van der Waals surface area contributed by atoms with Crippen LogP contribution in [0.3, 0.4) is 0 Å². The summed E-state index contributed by atoms with van der Waals surface area (Å²) in [6.07, 6.45) is 7.76. The zero-order chi connectivity index (χ0) is 14.7. The molecule has 18 heavy (non-hydrogen) atoms. The molecular formula is C12H20NO4Re. The molecule has 0 radical (unpaired) electrons. The van der Waals surface area contributed by atoms with E-state index in [4.69, 9.17) is 14.2 Å². The van der Waals surface area contributed by atoms with Crippen LogP contribution in [0.15, 0.2) is 50.6 Å². The summed E-state index contributed by atoms with van der Waals surface area (Å²) in [5.41, 5.74) is 0. The summed E-state index contributed by atoms with van der Waals surface area (Å²) >= 11 is -6.11. The second-order valence-electron chi connectivity index (χ2n) is 3.60. The SMILES string of the molecule is C=CC[N+](CC=C)(CC=C)CC=C.[O]=[Re](=[O])(=[O])[O-]. The van der Waals surface area contributed by atoms with E-state index >= 15 is 0 Å². The Balaban J connectivity index is 0. The molecule has 0 aliphatic heterocycles. The summed E-state index contributed by atoms with van der Waals surface area (Å²) < 4.78 is 35.5. The Morgan fingerprint density at radius 3 is 1.06 bits per heavy atom. The van der Waals surface area contributed by atoms with Gasteiger partial charge in [0.05, 0.1) is 26.2 Å². The molecule has 0 rings (SSSR count). The van der Waals surface area contributed by atoms with Gasteiger partial charge in [0.2, 0.25) is 0 Å². The van der Waals surface area contributed by atoms with Gasteiger partial charge in [0.1, 0.15) is 0 Å². The molecule has 0 aliphatic rings. The fourth-order valence-corrected chi connectivity index (χ4v) is 1.54. The van der Waals surface area contributed by atoms with Gasteiger partial charge >= 0.3 is 30.0 Å². The summed E-state index contributed by atoms with van der Waals surface area (Å²) in [5.74, 6) is 0. The van der Waals surface area contributed by atoms with Crippen LogP contribution < -0.4 is 3.83 Å². The predicted molar refractivity (Wildman–Crippen MR) is 62.6 cm³/mol. The molecule has 0 unspecified atom stereocenters. The molecule has 0 saturated carbocycles. The van der Waals surface area contributed by atoms with Gasteiger partial charge in [-0.05, 0) is 24.3 Å². The molecule has 0 spiro atoms. The second-order valence-corrected chi connectivity index (χ2v) is 6.32. The van der Waals surface area contributed by atoms with E-state index < -0.39 is 15.8 Å². The van der Waals surface area contributed by atoms with Crippen molar-refractivity contribution in [3.63, 3.8) is 0 Å². The van der Waals surface area contributed by atoms with Crippen LogP contribution in [0.2, 0.25) is 0 Å². The van der Waals surface area contributed by atoms with Crippen LogP contribution >= 0.6 is 0 Å². The molecule has 0 heterocycles. The molecule has 0 bridgehead atoms. The average molecular weight is 429 g/mol. The van der Waals surface area contributed by atoms with E-state index in [0.29, 0.717) is 0 Å². The summed E-state index contributed by atoms with van der Waals surface area (Å²) in [4.78, 5) is 0. The first-order chi connectivity index (χ1) is 8.24. The van der Waals surface area contributed by atoms with Crippen molar-refractivity contribution in [2.45, 2.75) is 0 Å². The third-order valence-corrected chi connectivity index (χ3v) is 2.07. The maximum atomic E-state index is 8.64. The van der Waals surface area contributed by atoms with Crippen molar-refractivity contribution in [1.82, 2.24) is 0 Å². The zero-order valence-corrected chi connectivity index (χ0v) is 13.1. The first-order valence-corrected chi connectivity index (χ1v) is 9.58. The molecule has 0 amide bonds. The average Bonchev–Trinajstić information content (AvgIpc) is 2.16. The minimum absolute atomic E-state index is 0.903. The van der Waals surface area contributed by atoms with Crippen LogP contribution in [0, 0.1) is 0 Å².